The van der Waals surface area contributed by atoms with Crippen LogP contribution in [-0.2, 0) is 13.0 Å². The molecule has 5 nitrogen and oxygen atoms in total. The van der Waals surface area contributed by atoms with Crippen LogP contribution < -0.4 is 0 Å². The van der Waals surface area contributed by atoms with E-state index in [0.717, 1.165) is 18.7 Å². The number of hydrogen-bond donors (Lipinski definition) is 1. The van der Waals surface area contributed by atoms with Crippen LogP contribution in [0, 0.1) is 6.92 Å². The van der Waals surface area contributed by atoms with Crippen molar-refractivity contribution in [2.75, 3.05) is 0 Å². The number of carbonyl (C=O) groups is 1. The quantitative estimate of drug-likeness (QED) is 0.876. The summed E-state index contributed by atoms with van der Waals surface area (Å²) >= 11 is 1.62. The van der Waals surface area contributed by atoms with E-state index in [1.54, 1.807) is 28.4 Å². The van der Waals surface area contributed by atoms with E-state index < -0.39 is 5.97 Å². The first-order chi connectivity index (χ1) is 7.66. The van der Waals surface area contributed by atoms with Crippen molar-refractivity contribution >= 4 is 17.3 Å². The minimum Gasteiger partial charge on any atom is -0.476 e. The number of aromatic carboxylic acids is 1. The third-order valence-electron chi connectivity index (χ3n) is 2.29. The Balaban J connectivity index is 2.00. The molecule has 0 atom stereocenters. The minimum atomic E-state index is -0.993. The molecule has 1 N–H and O–H groups in total. The molecule has 2 rings (SSSR count). The maximum Gasteiger partial charge on any atom is 0.356 e. The van der Waals surface area contributed by atoms with Crippen molar-refractivity contribution in [3.05, 3.63) is 34.3 Å². The summed E-state index contributed by atoms with van der Waals surface area (Å²) in [6.07, 6.45) is 3.93. The molecular weight excluding hydrogens is 226 g/mol. The van der Waals surface area contributed by atoms with Gasteiger partial charge in [-0.2, -0.15) is 0 Å². The summed E-state index contributed by atoms with van der Waals surface area (Å²) in [5.41, 5.74) is 2.95. The Hall–Kier alpha value is -1.69. The van der Waals surface area contributed by atoms with Crippen LogP contribution >= 0.6 is 11.3 Å². The van der Waals surface area contributed by atoms with Crippen LogP contribution in [0.4, 0.5) is 0 Å². The van der Waals surface area contributed by atoms with Gasteiger partial charge >= 0.3 is 5.97 Å². The molecule has 16 heavy (non-hydrogen) atoms. The number of imidazole rings is 1. The predicted molar refractivity (Wildman–Crippen MR) is 59.7 cm³/mol. The average molecular weight is 237 g/mol. The lowest BCUT2D eigenvalue weighted by molar-refractivity contribution is 0.0691. The largest absolute Gasteiger partial charge is 0.476 e. The summed E-state index contributed by atoms with van der Waals surface area (Å²) in [5.74, 6) is -0.993. The number of nitrogens with zero attached hydrogens (tertiary/aromatic N) is 3. The lowest BCUT2D eigenvalue weighted by Gasteiger charge is -2.00. The van der Waals surface area contributed by atoms with E-state index in [0.29, 0.717) is 0 Å². The van der Waals surface area contributed by atoms with Crippen LogP contribution in [0.5, 0.6) is 0 Å². The first-order valence-corrected chi connectivity index (χ1v) is 5.69. The molecule has 2 heterocycles. The van der Waals surface area contributed by atoms with Crippen molar-refractivity contribution in [2.45, 2.75) is 19.9 Å². The first kappa shape index (κ1) is 10.8. The van der Waals surface area contributed by atoms with Crippen molar-refractivity contribution in [3.8, 4) is 0 Å². The van der Waals surface area contributed by atoms with Gasteiger partial charge in [-0.05, 0) is 6.92 Å². The zero-order chi connectivity index (χ0) is 11.5. The average Bonchev–Trinajstić information content (AvgIpc) is 2.83. The lowest BCUT2D eigenvalue weighted by atomic mass is 10.3. The van der Waals surface area contributed by atoms with Gasteiger partial charge in [0.1, 0.15) is 0 Å². The second-order valence-electron chi connectivity index (χ2n) is 3.41. The van der Waals surface area contributed by atoms with Crippen molar-refractivity contribution < 1.29 is 9.90 Å². The summed E-state index contributed by atoms with van der Waals surface area (Å²) in [7, 11) is 0. The molecule has 0 saturated heterocycles. The predicted octanol–water partition coefficient (Wildman–Crippen LogP) is 1.59. The van der Waals surface area contributed by atoms with Gasteiger partial charge in [0, 0.05) is 24.0 Å². The summed E-state index contributed by atoms with van der Waals surface area (Å²) in [5, 5.41) is 8.71. The third kappa shape index (κ3) is 2.27. The van der Waals surface area contributed by atoms with E-state index in [9.17, 15) is 4.79 Å². The first-order valence-electron chi connectivity index (χ1n) is 4.81. The van der Waals surface area contributed by atoms with Crippen LogP contribution in [0.25, 0.3) is 0 Å². The van der Waals surface area contributed by atoms with E-state index in [-0.39, 0.29) is 5.69 Å². The zero-order valence-corrected chi connectivity index (χ0v) is 9.57. The molecule has 0 unspecified atom stereocenters. The normalized spacial score (nSPS) is 10.6. The molecule has 0 radical (unpaired) electrons. The number of hydrogen-bond acceptors (Lipinski definition) is 4. The van der Waals surface area contributed by atoms with E-state index in [1.165, 1.54) is 4.88 Å². The summed E-state index contributed by atoms with van der Waals surface area (Å²) in [4.78, 5) is 19.8. The highest BCUT2D eigenvalue weighted by atomic mass is 32.1. The number of carboxylic acid groups (broad SMARTS) is 1. The second kappa shape index (κ2) is 4.44. The Morgan fingerprint density at radius 3 is 2.94 bits per heavy atom. The monoisotopic (exact) mass is 237 g/mol. The van der Waals surface area contributed by atoms with Gasteiger partial charge in [0.25, 0.3) is 0 Å². The van der Waals surface area contributed by atoms with Gasteiger partial charge in [0.2, 0.25) is 0 Å². The summed E-state index contributed by atoms with van der Waals surface area (Å²) < 4.78 is 1.78. The molecule has 0 aliphatic carbocycles. The summed E-state index contributed by atoms with van der Waals surface area (Å²) in [6, 6.07) is 0. The topological polar surface area (TPSA) is 68.0 Å². The number of rotatable bonds is 4. The van der Waals surface area contributed by atoms with Gasteiger partial charge < -0.3 is 9.67 Å². The van der Waals surface area contributed by atoms with Crippen LogP contribution in [0.1, 0.15) is 21.1 Å². The highest BCUT2D eigenvalue weighted by Gasteiger charge is 2.07. The molecule has 0 aromatic carbocycles. The molecule has 6 heteroatoms. The molecule has 0 amide bonds. The molecule has 2 aromatic heterocycles. The number of aryl methyl sites for hydroxylation is 3. The fourth-order valence-corrected chi connectivity index (χ4v) is 2.16. The van der Waals surface area contributed by atoms with Crippen molar-refractivity contribution in [2.24, 2.45) is 0 Å². The maximum absolute atomic E-state index is 10.6. The highest BCUT2D eigenvalue weighted by molar-refractivity contribution is 7.09. The van der Waals surface area contributed by atoms with Gasteiger partial charge in [0.15, 0.2) is 5.69 Å². The van der Waals surface area contributed by atoms with Gasteiger partial charge in [-0.15, -0.1) is 11.3 Å². The molecule has 84 valence electrons. The Bertz CT molecular complexity index is 504. The van der Waals surface area contributed by atoms with Gasteiger partial charge in [-0.1, -0.05) is 0 Å². The minimum absolute atomic E-state index is 0.0843. The number of carboxylic acids is 1. The Kier molecular flexibility index (Phi) is 3.00. The van der Waals surface area contributed by atoms with Gasteiger partial charge in [-0.25, -0.2) is 14.8 Å². The van der Waals surface area contributed by atoms with Gasteiger partial charge in [-0.3, -0.25) is 0 Å². The summed E-state index contributed by atoms with van der Waals surface area (Å²) in [6.45, 7) is 2.70. The maximum atomic E-state index is 10.6. The van der Waals surface area contributed by atoms with Gasteiger partial charge in [0.05, 0.1) is 17.5 Å². The molecule has 0 fully saturated rings. The molecule has 0 aliphatic rings. The van der Waals surface area contributed by atoms with Crippen LogP contribution in [0.3, 0.4) is 0 Å². The molecule has 0 spiro atoms. The number of thiazole rings is 1. The zero-order valence-electron chi connectivity index (χ0n) is 8.75. The SMILES string of the molecule is Cc1ncsc1CCn1cnc(C(=O)O)c1. The molecule has 0 saturated carbocycles. The Morgan fingerprint density at radius 2 is 2.38 bits per heavy atom. The Labute approximate surface area is 96.4 Å². The molecular formula is C10H11N3O2S. The molecule has 0 bridgehead atoms. The van der Waals surface area contributed by atoms with E-state index in [1.807, 2.05) is 12.4 Å². The highest BCUT2D eigenvalue weighted by Crippen LogP contribution is 2.13. The van der Waals surface area contributed by atoms with E-state index in [4.69, 9.17) is 5.11 Å². The van der Waals surface area contributed by atoms with Crippen molar-refractivity contribution in [1.82, 2.24) is 14.5 Å². The van der Waals surface area contributed by atoms with Crippen LogP contribution in [0.2, 0.25) is 0 Å². The second-order valence-corrected chi connectivity index (χ2v) is 4.35. The number of aromatic nitrogens is 3. The third-order valence-corrected chi connectivity index (χ3v) is 3.29. The van der Waals surface area contributed by atoms with E-state index in [2.05, 4.69) is 9.97 Å². The Morgan fingerprint density at radius 1 is 1.56 bits per heavy atom. The fourth-order valence-electron chi connectivity index (χ4n) is 1.39. The standard InChI is InChI=1S/C10H11N3O2S/c1-7-9(16-6-12-7)2-3-13-4-8(10(14)15)11-5-13/h4-6H,2-3H2,1H3,(H,14,15). The lowest BCUT2D eigenvalue weighted by Crippen LogP contribution is -1.99. The fraction of sp³-hybridized carbons (Fsp3) is 0.300. The molecule has 2 aromatic rings. The smallest absolute Gasteiger partial charge is 0.356 e. The molecule has 0 aliphatic heterocycles. The van der Waals surface area contributed by atoms with Crippen LogP contribution in [-0.4, -0.2) is 25.6 Å². The van der Waals surface area contributed by atoms with Crippen LogP contribution in [0.15, 0.2) is 18.0 Å². The van der Waals surface area contributed by atoms with Crippen molar-refractivity contribution in [3.63, 3.8) is 0 Å². The van der Waals surface area contributed by atoms with Crippen molar-refractivity contribution in [1.29, 1.82) is 0 Å². The van der Waals surface area contributed by atoms with E-state index >= 15 is 0 Å².